The van der Waals surface area contributed by atoms with Crippen LogP contribution in [0.25, 0.3) is 10.8 Å². The molecule has 240 valence electrons. The number of piperazine rings is 1. The number of carbonyl (C=O) groups excluding carboxylic acids is 1. The molecule has 2 aromatic carbocycles. The Hall–Kier alpha value is -4.20. The molecule has 1 aliphatic carbocycles. The summed E-state index contributed by atoms with van der Waals surface area (Å²) in [5, 5.41) is 12.1. The van der Waals surface area contributed by atoms with Gasteiger partial charge in [-0.15, -0.1) is 0 Å². The van der Waals surface area contributed by atoms with Gasteiger partial charge in [-0.3, -0.25) is 9.69 Å². The van der Waals surface area contributed by atoms with E-state index in [1.54, 1.807) is 4.90 Å². The van der Waals surface area contributed by atoms with E-state index < -0.39 is 0 Å². The highest BCUT2D eigenvalue weighted by molar-refractivity contribution is 5.97. The van der Waals surface area contributed by atoms with Crippen molar-refractivity contribution in [2.75, 3.05) is 75.4 Å². The van der Waals surface area contributed by atoms with Crippen molar-refractivity contribution in [3.05, 3.63) is 65.9 Å². The van der Waals surface area contributed by atoms with E-state index in [0.29, 0.717) is 38.8 Å². The lowest BCUT2D eigenvalue weighted by Crippen LogP contribution is -2.55. The van der Waals surface area contributed by atoms with Crippen LogP contribution in [0.4, 0.5) is 11.5 Å². The van der Waals surface area contributed by atoms with Gasteiger partial charge in [-0.1, -0.05) is 36.9 Å². The van der Waals surface area contributed by atoms with Crippen LogP contribution in [0.3, 0.4) is 0 Å². The quantitative estimate of drug-likeness (QED) is 0.327. The van der Waals surface area contributed by atoms with Gasteiger partial charge in [0.1, 0.15) is 5.82 Å². The third kappa shape index (κ3) is 6.14. The second kappa shape index (κ2) is 12.9. The van der Waals surface area contributed by atoms with E-state index in [2.05, 4.69) is 70.7 Å². The molecule has 10 nitrogen and oxygen atoms in total. The molecule has 1 saturated carbocycles. The molecule has 3 aromatic rings. The highest BCUT2D eigenvalue weighted by Crippen LogP contribution is 2.47. The van der Waals surface area contributed by atoms with Gasteiger partial charge in [0.25, 0.3) is 0 Å². The number of hydrogen-bond donors (Lipinski definition) is 0. The molecular weight excluding hydrogens is 578 g/mol. The second-order valence-corrected chi connectivity index (χ2v) is 13.3. The number of rotatable bonds is 9. The van der Waals surface area contributed by atoms with Gasteiger partial charge in [0.05, 0.1) is 50.6 Å². The number of nitrogens with zero attached hydrogens (tertiary/aromatic N) is 7. The summed E-state index contributed by atoms with van der Waals surface area (Å²) < 4.78 is 12.1. The monoisotopic (exact) mass is 621 g/mol. The van der Waals surface area contributed by atoms with Crippen molar-refractivity contribution in [3.8, 4) is 12.1 Å². The fourth-order valence-corrected chi connectivity index (χ4v) is 7.40. The third-order valence-electron chi connectivity index (χ3n) is 10.1. The summed E-state index contributed by atoms with van der Waals surface area (Å²) in [4.78, 5) is 31.7. The van der Waals surface area contributed by atoms with Gasteiger partial charge in [-0.2, -0.15) is 15.2 Å². The van der Waals surface area contributed by atoms with Crippen LogP contribution >= 0.6 is 0 Å². The first kappa shape index (κ1) is 30.5. The van der Waals surface area contributed by atoms with Crippen molar-refractivity contribution in [2.45, 2.75) is 45.2 Å². The molecule has 3 fully saturated rings. The van der Waals surface area contributed by atoms with Crippen molar-refractivity contribution in [1.82, 2.24) is 19.8 Å². The highest BCUT2D eigenvalue weighted by atomic mass is 16.5. The van der Waals surface area contributed by atoms with Crippen molar-refractivity contribution in [2.24, 2.45) is 5.41 Å². The molecule has 0 spiro atoms. The van der Waals surface area contributed by atoms with Crippen LogP contribution in [-0.4, -0.2) is 97.4 Å². The van der Waals surface area contributed by atoms with E-state index in [0.717, 1.165) is 75.7 Å². The Bertz CT molecular complexity index is 1650. The maximum atomic E-state index is 12.6. The summed E-state index contributed by atoms with van der Waals surface area (Å²) in [5.74, 6) is 0.741. The largest absolute Gasteiger partial charge is 0.463 e. The number of fused-ring (bicyclic) bond motifs is 2. The smallest absolute Gasteiger partial charge is 0.318 e. The molecule has 1 aromatic heterocycles. The molecule has 1 amide bonds. The topological polar surface area (TPSA) is 98.1 Å². The average Bonchev–Trinajstić information content (AvgIpc) is 3.86. The number of ether oxygens (including phenoxy) is 2. The first-order chi connectivity index (χ1) is 22.5. The maximum Gasteiger partial charge on any atom is 0.318 e. The van der Waals surface area contributed by atoms with Crippen LogP contribution in [0.1, 0.15) is 36.1 Å². The zero-order valence-corrected chi connectivity index (χ0v) is 26.8. The molecule has 0 radical (unpaired) electrons. The van der Waals surface area contributed by atoms with E-state index >= 15 is 0 Å². The zero-order chi connectivity index (χ0) is 31.7. The van der Waals surface area contributed by atoms with E-state index in [1.807, 2.05) is 0 Å². The number of aromatic nitrogens is 2. The summed E-state index contributed by atoms with van der Waals surface area (Å²) in [7, 11) is 0. The number of amides is 1. The predicted octanol–water partition coefficient (Wildman–Crippen LogP) is 4.11. The Morgan fingerprint density at radius 3 is 2.67 bits per heavy atom. The van der Waals surface area contributed by atoms with E-state index in [-0.39, 0.29) is 23.8 Å². The Balaban J connectivity index is 1.19. The number of carbonyl (C=O) groups is 1. The van der Waals surface area contributed by atoms with Gasteiger partial charge in [-0.05, 0) is 49.3 Å². The SMILES string of the molecule is C=CC(=O)N1CCN(c2nc(OCC3(CN4CCOCC4)CC3)nc3c2CCN(c2cccc4cccc(C)c24)C3)C[C@@H]1CC#N. The molecule has 10 heteroatoms. The molecule has 0 bridgehead atoms. The van der Waals surface area contributed by atoms with E-state index in [9.17, 15) is 10.1 Å². The van der Waals surface area contributed by atoms with Crippen LogP contribution in [0.15, 0.2) is 49.1 Å². The number of aryl methyl sites for hydroxylation is 1. The molecule has 2 saturated heterocycles. The lowest BCUT2D eigenvalue weighted by molar-refractivity contribution is -0.128. The fourth-order valence-electron chi connectivity index (χ4n) is 7.40. The molecule has 4 aliphatic rings. The van der Waals surface area contributed by atoms with Crippen LogP contribution < -0.4 is 14.5 Å². The van der Waals surface area contributed by atoms with Crippen molar-refractivity contribution in [3.63, 3.8) is 0 Å². The molecule has 0 unspecified atom stereocenters. The molecule has 4 heterocycles. The van der Waals surface area contributed by atoms with Crippen LogP contribution in [0, 0.1) is 23.7 Å². The average molecular weight is 622 g/mol. The summed E-state index contributed by atoms with van der Waals surface area (Å²) >= 11 is 0. The van der Waals surface area contributed by atoms with Gasteiger partial charge in [0, 0.05) is 67.9 Å². The zero-order valence-electron chi connectivity index (χ0n) is 26.8. The third-order valence-corrected chi connectivity index (χ3v) is 10.1. The number of benzene rings is 2. The van der Waals surface area contributed by atoms with Crippen LogP contribution in [-0.2, 0) is 22.5 Å². The van der Waals surface area contributed by atoms with Gasteiger partial charge in [0.15, 0.2) is 0 Å². The molecule has 1 atom stereocenters. The van der Waals surface area contributed by atoms with Gasteiger partial charge in [0.2, 0.25) is 5.91 Å². The predicted molar refractivity (Wildman–Crippen MR) is 178 cm³/mol. The summed E-state index contributed by atoms with van der Waals surface area (Å²) in [5.41, 5.74) is 4.73. The van der Waals surface area contributed by atoms with Crippen molar-refractivity contribution in [1.29, 1.82) is 5.26 Å². The molecular formula is C36H43N7O3. The minimum Gasteiger partial charge on any atom is -0.463 e. The molecule has 3 aliphatic heterocycles. The summed E-state index contributed by atoms with van der Waals surface area (Å²) in [6.07, 6.45) is 4.68. The minimum absolute atomic E-state index is 0.135. The Labute approximate surface area is 271 Å². The van der Waals surface area contributed by atoms with Crippen LogP contribution in [0.5, 0.6) is 6.01 Å². The summed E-state index contributed by atoms with van der Waals surface area (Å²) in [6.45, 7) is 14.1. The van der Waals surface area contributed by atoms with E-state index in [4.69, 9.17) is 19.4 Å². The standard InChI is InChI=1S/C36H43N7O3/c1-3-32(44)43-17-16-42(22-28(43)10-14-37)34-29-11-15-41(31-9-5-8-27-7-4-6-26(2)33(27)31)23-30(29)38-35(39-34)46-25-36(12-13-36)24-40-18-20-45-21-19-40/h3-9,28H,1,10-13,15-25H2,2H3/t28-/m0/s1. The lowest BCUT2D eigenvalue weighted by atomic mass is 9.99. The van der Waals surface area contributed by atoms with Crippen LogP contribution in [0.2, 0.25) is 0 Å². The number of morpholine rings is 1. The van der Waals surface area contributed by atoms with E-state index in [1.165, 1.54) is 28.1 Å². The first-order valence-corrected chi connectivity index (χ1v) is 16.6. The Morgan fingerprint density at radius 1 is 1.11 bits per heavy atom. The number of anilines is 2. The first-order valence-electron chi connectivity index (χ1n) is 16.6. The molecule has 0 N–H and O–H groups in total. The minimum atomic E-state index is -0.235. The van der Waals surface area contributed by atoms with Gasteiger partial charge < -0.3 is 24.2 Å². The highest BCUT2D eigenvalue weighted by Gasteiger charge is 2.45. The number of nitriles is 1. The van der Waals surface area contributed by atoms with Crippen molar-refractivity contribution >= 4 is 28.2 Å². The van der Waals surface area contributed by atoms with Gasteiger partial charge >= 0.3 is 6.01 Å². The second-order valence-electron chi connectivity index (χ2n) is 13.3. The van der Waals surface area contributed by atoms with Crippen molar-refractivity contribution < 1.29 is 14.3 Å². The molecule has 7 rings (SSSR count). The van der Waals surface area contributed by atoms with Gasteiger partial charge in [-0.25, -0.2) is 0 Å². The summed E-state index contributed by atoms with van der Waals surface area (Å²) in [6, 6.07) is 15.5. The molecule has 46 heavy (non-hydrogen) atoms. The Kier molecular flexibility index (Phi) is 8.54. The Morgan fingerprint density at radius 2 is 1.91 bits per heavy atom. The normalized spacial score (nSPS) is 21.0. The lowest BCUT2D eigenvalue weighted by Gasteiger charge is -2.42. The number of hydrogen-bond acceptors (Lipinski definition) is 9. The maximum absolute atomic E-state index is 12.6. The fraction of sp³-hybridized carbons (Fsp3) is 0.500.